The van der Waals surface area contributed by atoms with Crippen LogP contribution in [0.15, 0.2) is 12.1 Å². The number of aliphatic hydroxyl groups is 2. The summed E-state index contributed by atoms with van der Waals surface area (Å²) >= 11 is 0. The summed E-state index contributed by atoms with van der Waals surface area (Å²) in [5, 5.41) is 37.7. The van der Waals surface area contributed by atoms with Crippen LogP contribution in [0.2, 0.25) is 0 Å². The van der Waals surface area contributed by atoms with E-state index in [1.165, 1.54) is 19.0 Å². The lowest BCUT2D eigenvalue weighted by Crippen LogP contribution is -2.77. The Hall–Kier alpha value is -2.99. The Kier molecular flexibility index (Phi) is 7.13. The summed E-state index contributed by atoms with van der Waals surface area (Å²) in [6.45, 7) is 8.69. The van der Waals surface area contributed by atoms with Gasteiger partial charge < -0.3 is 26.4 Å². The Bertz CT molecular complexity index is 1270. The maximum absolute atomic E-state index is 14.0. The molecule has 0 saturated heterocycles. The van der Waals surface area contributed by atoms with E-state index in [2.05, 4.69) is 5.32 Å². The number of rotatable bonds is 5. The Morgan fingerprint density at radius 3 is 2.28 bits per heavy atom. The molecular weight excluding hydrogens is 506 g/mol. The summed E-state index contributed by atoms with van der Waals surface area (Å²) in [5.41, 5.74) is 3.04. The number of phenols is 1. The Labute approximate surface area is 226 Å². The number of nitrogens with zero attached hydrogens (tertiary/aromatic N) is 1. The van der Waals surface area contributed by atoms with Crippen molar-refractivity contribution in [1.29, 1.82) is 0 Å². The lowest BCUT2D eigenvalue weighted by Gasteiger charge is -2.56. The number of ketones is 4. The summed E-state index contributed by atoms with van der Waals surface area (Å²) < 4.78 is 0. The molecule has 1 aromatic carbocycles. The first-order valence-electron chi connectivity index (χ1n) is 13.0. The number of primary amides is 1. The van der Waals surface area contributed by atoms with Crippen LogP contribution in [0.5, 0.6) is 5.75 Å². The number of aromatic hydroxyl groups is 1. The molecule has 212 valence electrons. The van der Waals surface area contributed by atoms with Crippen molar-refractivity contribution in [3.05, 3.63) is 28.8 Å². The molecule has 0 radical (unpaired) electrons. The average Bonchev–Trinajstić information content (AvgIpc) is 2.81. The van der Waals surface area contributed by atoms with Gasteiger partial charge in [0.2, 0.25) is 5.91 Å². The number of nitrogens with two attached hydrogens (primary N) is 1. The maximum atomic E-state index is 14.0. The predicted molar refractivity (Wildman–Crippen MR) is 139 cm³/mol. The monoisotopic (exact) mass is 543 g/mol. The number of benzene rings is 1. The number of carbonyl (C=O) groups excluding carboxylic acids is 5. The van der Waals surface area contributed by atoms with Crippen LogP contribution in [0.4, 0.5) is 0 Å². The largest absolute Gasteiger partial charge is 0.507 e. The number of likely N-dealkylation sites (N-methyl/N-ethyl adjacent to an activating group) is 1. The van der Waals surface area contributed by atoms with Crippen LogP contribution in [-0.4, -0.2) is 87.6 Å². The third-order valence-corrected chi connectivity index (χ3v) is 8.54. The highest BCUT2D eigenvalue weighted by molar-refractivity contribution is 6.32. The normalized spacial score (nSPS) is 34.5. The van der Waals surface area contributed by atoms with Gasteiger partial charge >= 0.3 is 0 Å². The number of phenolic OH excluding ortho intramolecular Hbond substituents is 1. The second-order valence-electron chi connectivity index (χ2n) is 12.6. The highest BCUT2D eigenvalue weighted by atomic mass is 16.3. The SMILES string of the molecule is C[C@H]1c2ccc(CNCC(C)(C)C)c(O)c2C(=O)C2C(=O)[C@]3(O)C(=O)C(C(N)=O)C(=O)[C@@H](N(C)C)[C@@H]3[C@@H](O)[C@@H]21. The molecule has 11 heteroatoms. The molecular formula is C28H37N3O8. The van der Waals surface area contributed by atoms with Gasteiger partial charge in [-0.3, -0.25) is 28.9 Å². The Morgan fingerprint density at radius 2 is 1.74 bits per heavy atom. The number of carbonyl (C=O) groups is 5. The fourth-order valence-corrected chi connectivity index (χ4v) is 6.75. The fraction of sp³-hybridized carbons (Fsp3) is 0.607. The highest BCUT2D eigenvalue weighted by Crippen LogP contribution is 2.54. The summed E-state index contributed by atoms with van der Waals surface area (Å²) in [4.78, 5) is 67.9. The number of hydrogen-bond donors (Lipinski definition) is 5. The first kappa shape index (κ1) is 29.0. The van der Waals surface area contributed by atoms with E-state index in [0.717, 1.165) is 0 Å². The molecule has 0 spiro atoms. The molecule has 3 aliphatic rings. The number of hydrogen-bond acceptors (Lipinski definition) is 10. The van der Waals surface area contributed by atoms with Gasteiger partial charge in [0.25, 0.3) is 0 Å². The number of nitrogens with one attached hydrogen (secondary N) is 1. The van der Waals surface area contributed by atoms with Gasteiger partial charge in [0.1, 0.15) is 5.75 Å². The summed E-state index contributed by atoms with van der Waals surface area (Å²) in [6, 6.07) is 1.96. The molecule has 6 N–H and O–H groups in total. The van der Waals surface area contributed by atoms with Crippen LogP contribution in [0, 0.1) is 29.1 Å². The standard InChI is InChI=1S/C28H37N3O8/c1-11-13-8-7-12(9-30-10-27(2,3)4)20(32)15(13)21(33)16-14(11)22(34)18-19(31(5)6)23(35)17(26(29)38)25(37)28(18,39)24(16)36/h7-8,11,14,16-19,22,30,32,34,39H,9-10H2,1-6H3,(H2,29,38)/t11-,14+,16?,17?,18+,19-,22-,28-/m0/s1. The molecule has 0 aromatic heterocycles. The van der Waals surface area contributed by atoms with Crippen LogP contribution < -0.4 is 11.1 Å². The molecule has 8 atom stereocenters. The average molecular weight is 544 g/mol. The topological polar surface area (TPSA) is 187 Å². The predicted octanol–water partition coefficient (Wildman–Crippen LogP) is -0.465. The first-order valence-corrected chi connectivity index (χ1v) is 13.0. The molecule has 0 heterocycles. The maximum Gasteiger partial charge on any atom is 0.235 e. The van der Waals surface area contributed by atoms with Crippen LogP contribution in [-0.2, 0) is 25.7 Å². The van der Waals surface area contributed by atoms with Gasteiger partial charge in [0.05, 0.1) is 29.5 Å². The van der Waals surface area contributed by atoms with Crippen molar-refractivity contribution in [3.8, 4) is 5.75 Å². The zero-order valence-corrected chi connectivity index (χ0v) is 23.0. The van der Waals surface area contributed by atoms with E-state index in [4.69, 9.17) is 5.73 Å². The van der Waals surface area contributed by atoms with Gasteiger partial charge in [-0.1, -0.05) is 39.8 Å². The van der Waals surface area contributed by atoms with Gasteiger partial charge in [-0.25, -0.2) is 0 Å². The molecule has 4 rings (SSSR count). The lowest BCUT2D eigenvalue weighted by molar-refractivity contribution is -0.196. The molecule has 39 heavy (non-hydrogen) atoms. The molecule has 2 saturated carbocycles. The van der Waals surface area contributed by atoms with E-state index in [1.54, 1.807) is 19.1 Å². The Morgan fingerprint density at radius 1 is 1.13 bits per heavy atom. The van der Waals surface area contributed by atoms with E-state index in [0.29, 0.717) is 17.7 Å². The third-order valence-electron chi connectivity index (χ3n) is 8.54. The van der Waals surface area contributed by atoms with Crippen molar-refractivity contribution in [2.75, 3.05) is 20.6 Å². The van der Waals surface area contributed by atoms with Crippen molar-refractivity contribution in [1.82, 2.24) is 10.2 Å². The van der Waals surface area contributed by atoms with E-state index < -0.39 is 76.4 Å². The fourth-order valence-electron chi connectivity index (χ4n) is 6.75. The number of amides is 1. The van der Waals surface area contributed by atoms with Gasteiger partial charge in [0, 0.05) is 24.6 Å². The molecule has 1 amide bonds. The van der Waals surface area contributed by atoms with Crippen molar-refractivity contribution < 1.29 is 39.3 Å². The molecule has 2 fully saturated rings. The van der Waals surface area contributed by atoms with Crippen molar-refractivity contribution in [2.24, 2.45) is 34.8 Å². The smallest absolute Gasteiger partial charge is 0.235 e. The first-order chi connectivity index (χ1) is 18.0. The second kappa shape index (κ2) is 9.58. The summed E-state index contributed by atoms with van der Waals surface area (Å²) in [6.07, 6.45) is -1.64. The van der Waals surface area contributed by atoms with Crippen molar-refractivity contribution in [3.63, 3.8) is 0 Å². The van der Waals surface area contributed by atoms with Gasteiger partial charge in [-0.2, -0.15) is 0 Å². The highest BCUT2D eigenvalue weighted by Gasteiger charge is 2.72. The van der Waals surface area contributed by atoms with E-state index >= 15 is 0 Å². The minimum Gasteiger partial charge on any atom is -0.507 e. The molecule has 11 nitrogen and oxygen atoms in total. The van der Waals surface area contributed by atoms with E-state index in [9.17, 15) is 39.3 Å². The Balaban J connectivity index is 1.83. The molecule has 3 aliphatic carbocycles. The molecule has 0 aliphatic heterocycles. The van der Waals surface area contributed by atoms with Crippen molar-refractivity contribution in [2.45, 2.75) is 57.9 Å². The number of Topliss-reactive ketones (excluding diaryl/α,β-unsaturated/α-hetero) is 4. The molecule has 0 bridgehead atoms. The quantitative estimate of drug-likeness (QED) is 0.304. The van der Waals surface area contributed by atoms with Gasteiger partial charge in [0.15, 0.2) is 34.7 Å². The second-order valence-corrected chi connectivity index (χ2v) is 12.6. The van der Waals surface area contributed by atoms with E-state index in [1.807, 2.05) is 20.8 Å². The van der Waals surface area contributed by atoms with Crippen LogP contribution in [0.3, 0.4) is 0 Å². The van der Waals surface area contributed by atoms with E-state index in [-0.39, 0.29) is 23.3 Å². The zero-order chi connectivity index (χ0) is 29.4. The number of aliphatic hydroxyl groups excluding tert-OH is 1. The lowest BCUT2D eigenvalue weighted by atomic mass is 9.49. The van der Waals surface area contributed by atoms with Crippen LogP contribution >= 0.6 is 0 Å². The molecule has 2 unspecified atom stereocenters. The summed E-state index contributed by atoms with van der Waals surface area (Å²) in [5.74, 6) is -13.2. The van der Waals surface area contributed by atoms with Gasteiger partial charge in [-0.15, -0.1) is 0 Å². The summed E-state index contributed by atoms with van der Waals surface area (Å²) in [7, 11) is 2.91. The van der Waals surface area contributed by atoms with Crippen molar-refractivity contribution >= 4 is 29.0 Å². The minimum absolute atomic E-state index is 0.0286. The van der Waals surface area contributed by atoms with Gasteiger partial charge in [-0.05, 0) is 31.0 Å². The van der Waals surface area contributed by atoms with Crippen LogP contribution in [0.1, 0.15) is 55.1 Å². The molecule has 1 aromatic rings. The number of fused-ring (bicyclic) bond motifs is 3. The van der Waals surface area contributed by atoms with Crippen LogP contribution in [0.25, 0.3) is 0 Å². The minimum atomic E-state index is -3.00. The third kappa shape index (κ3) is 4.23. The zero-order valence-electron chi connectivity index (χ0n) is 23.0.